The number of nitrogens with zero attached hydrogens (tertiary/aromatic N) is 1. The standard InChI is InChI=1S/C18H20N2O4/c1-24-14-7-13(8-17(21)22)20(11-14)18(23)16-10-19-9-15(16)12-5-3-2-4-6-12/h2-6,9-10,13-14,19H,7-8,11H2,1H3,(H,21,22). The van der Waals surface area contributed by atoms with Crippen molar-refractivity contribution in [1.82, 2.24) is 9.88 Å². The molecular formula is C18H20N2O4. The zero-order valence-corrected chi connectivity index (χ0v) is 13.4. The van der Waals surface area contributed by atoms with E-state index in [1.54, 1.807) is 24.4 Å². The largest absolute Gasteiger partial charge is 0.481 e. The summed E-state index contributed by atoms with van der Waals surface area (Å²) in [6.07, 6.45) is 3.80. The number of benzene rings is 1. The van der Waals surface area contributed by atoms with Gasteiger partial charge in [-0.05, 0) is 12.0 Å². The molecular weight excluding hydrogens is 308 g/mol. The van der Waals surface area contributed by atoms with Crippen molar-refractivity contribution in [2.75, 3.05) is 13.7 Å². The molecule has 2 heterocycles. The van der Waals surface area contributed by atoms with Gasteiger partial charge in [0.25, 0.3) is 5.91 Å². The molecule has 3 rings (SSSR count). The van der Waals surface area contributed by atoms with Gasteiger partial charge in [-0.2, -0.15) is 0 Å². The monoisotopic (exact) mass is 328 g/mol. The number of methoxy groups -OCH3 is 1. The Morgan fingerprint density at radius 1 is 1.29 bits per heavy atom. The summed E-state index contributed by atoms with van der Waals surface area (Å²) in [6, 6.07) is 9.29. The normalized spacial score (nSPS) is 20.3. The van der Waals surface area contributed by atoms with Crippen molar-refractivity contribution in [3.8, 4) is 11.1 Å². The molecule has 1 aromatic heterocycles. The van der Waals surface area contributed by atoms with E-state index in [2.05, 4.69) is 4.98 Å². The predicted octanol–water partition coefficient (Wildman–Crippen LogP) is 2.39. The van der Waals surface area contributed by atoms with Crippen LogP contribution in [0.1, 0.15) is 23.2 Å². The third kappa shape index (κ3) is 3.19. The lowest BCUT2D eigenvalue weighted by atomic mass is 10.0. The van der Waals surface area contributed by atoms with E-state index in [-0.39, 0.29) is 24.5 Å². The lowest BCUT2D eigenvalue weighted by molar-refractivity contribution is -0.137. The van der Waals surface area contributed by atoms with Crippen molar-refractivity contribution >= 4 is 11.9 Å². The van der Waals surface area contributed by atoms with Crippen molar-refractivity contribution in [2.45, 2.75) is 25.0 Å². The average Bonchev–Trinajstić information content (AvgIpc) is 3.21. The van der Waals surface area contributed by atoms with Gasteiger partial charge in [-0.3, -0.25) is 9.59 Å². The number of hydrogen-bond donors (Lipinski definition) is 2. The third-order valence-corrected chi connectivity index (χ3v) is 4.44. The van der Waals surface area contributed by atoms with Crippen LogP contribution in [0.25, 0.3) is 11.1 Å². The lowest BCUT2D eigenvalue weighted by Crippen LogP contribution is -2.37. The fourth-order valence-corrected chi connectivity index (χ4v) is 3.24. The summed E-state index contributed by atoms with van der Waals surface area (Å²) in [7, 11) is 1.59. The smallest absolute Gasteiger partial charge is 0.305 e. The molecule has 6 heteroatoms. The van der Waals surface area contributed by atoms with Crippen LogP contribution in [0.15, 0.2) is 42.7 Å². The van der Waals surface area contributed by atoms with Crippen LogP contribution in [0.2, 0.25) is 0 Å². The maximum absolute atomic E-state index is 13.0. The molecule has 0 saturated carbocycles. The topological polar surface area (TPSA) is 82.6 Å². The molecule has 1 saturated heterocycles. The number of aromatic amines is 1. The maximum atomic E-state index is 13.0. The molecule has 2 atom stereocenters. The number of likely N-dealkylation sites (tertiary alicyclic amines) is 1. The molecule has 6 nitrogen and oxygen atoms in total. The maximum Gasteiger partial charge on any atom is 0.305 e. The number of aliphatic carboxylic acids is 1. The van der Waals surface area contributed by atoms with E-state index in [1.807, 2.05) is 30.3 Å². The van der Waals surface area contributed by atoms with E-state index in [1.165, 1.54) is 0 Å². The highest BCUT2D eigenvalue weighted by Gasteiger charge is 2.37. The Morgan fingerprint density at radius 2 is 2.04 bits per heavy atom. The zero-order chi connectivity index (χ0) is 17.1. The minimum absolute atomic E-state index is 0.0727. The number of rotatable bonds is 5. The molecule has 1 aliphatic rings. The van der Waals surface area contributed by atoms with Crippen molar-refractivity contribution in [1.29, 1.82) is 0 Å². The molecule has 2 N–H and O–H groups in total. The van der Waals surface area contributed by atoms with Gasteiger partial charge in [0.05, 0.1) is 18.1 Å². The Morgan fingerprint density at radius 3 is 2.71 bits per heavy atom. The Balaban J connectivity index is 1.88. The van der Waals surface area contributed by atoms with Crippen LogP contribution in [0, 0.1) is 0 Å². The van der Waals surface area contributed by atoms with Crippen LogP contribution in [0.3, 0.4) is 0 Å². The summed E-state index contributed by atoms with van der Waals surface area (Å²) in [5.74, 6) is -1.08. The number of nitrogens with one attached hydrogen (secondary N) is 1. The minimum atomic E-state index is -0.910. The first-order chi connectivity index (χ1) is 11.6. The molecule has 0 radical (unpaired) electrons. The summed E-state index contributed by atoms with van der Waals surface area (Å²) >= 11 is 0. The average molecular weight is 328 g/mol. The second-order valence-corrected chi connectivity index (χ2v) is 5.95. The molecule has 1 aromatic carbocycles. The first kappa shape index (κ1) is 16.3. The SMILES string of the molecule is COC1CC(CC(=O)O)N(C(=O)c2c[nH]cc2-c2ccccc2)C1. The van der Waals surface area contributed by atoms with Crippen molar-refractivity contribution in [3.63, 3.8) is 0 Å². The number of amides is 1. The highest BCUT2D eigenvalue weighted by atomic mass is 16.5. The predicted molar refractivity (Wildman–Crippen MR) is 88.7 cm³/mol. The van der Waals surface area contributed by atoms with Gasteiger partial charge in [-0.15, -0.1) is 0 Å². The molecule has 0 spiro atoms. The van der Waals surface area contributed by atoms with Crippen LogP contribution >= 0.6 is 0 Å². The second kappa shape index (κ2) is 6.88. The summed E-state index contributed by atoms with van der Waals surface area (Å²) < 4.78 is 5.34. The quantitative estimate of drug-likeness (QED) is 0.883. The molecule has 126 valence electrons. The number of aromatic nitrogens is 1. The molecule has 24 heavy (non-hydrogen) atoms. The number of hydrogen-bond acceptors (Lipinski definition) is 3. The first-order valence-corrected chi connectivity index (χ1v) is 7.88. The van der Waals surface area contributed by atoms with Gasteiger partial charge in [0.1, 0.15) is 0 Å². The number of H-pyrrole nitrogens is 1. The fourth-order valence-electron chi connectivity index (χ4n) is 3.24. The van der Waals surface area contributed by atoms with Crippen LogP contribution in [0.5, 0.6) is 0 Å². The zero-order valence-electron chi connectivity index (χ0n) is 13.4. The molecule has 2 unspecified atom stereocenters. The van der Waals surface area contributed by atoms with Crippen LogP contribution in [-0.2, 0) is 9.53 Å². The van der Waals surface area contributed by atoms with Crippen molar-refractivity contribution in [3.05, 3.63) is 48.3 Å². The summed E-state index contributed by atoms with van der Waals surface area (Å²) in [5, 5.41) is 9.11. The van der Waals surface area contributed by atoms with Crippen LogP contribution in [0.4, 0.5) is 0 Å². The first-order valence-electron chi connectivity index (χ1n) is 7.88. The van der Waals surface area contributed by atoms with Gasteiger partial charge in [0.2, 0.25) is 0 Å². The summed E-state index contributed by atoms with van der Waals surface area (Å²) in [6.45, 7) is 0.409. The molecule has 1 amide bonds. The molecule has 0 aliphatic carbocycles. The fraction of sp³-hybridized carbons (Fsp3) is 0.333. The summed E-state index contributed by atoms with van der Waals surface area (Å²) in [5.41, 5.74) is 2.31. The lowest BCUT2D eigenvalue weighted by Gasteiger charge is -2.23. The molecule has 2 aromatic rings. The van der Waals surface area contributed by atoms with E-state index in [0.717, 1.165) is 11.1 Å². The molecule has 1 aliphatic heterocycles. The van der Waals surface area contributed by atoms with Crippen LogP contribution < -0.4 is 0 Å². The van der Waals surface area contributed by atoms with Crippen LogP contribution in [-0.4, -0.2) is 52.7 Å². The highest BCUT2D eigenvalue weighted by molar-refractivity contribution is 6.01. The van der Waals surface area contributed by atoms with E-state index in [9.17, 15) is 9.59 Å². The Kier molecular flexibility index (Phi) is 4.66. The number of carboxylic acids is 1. The number of carbonyl (C=O) groups is 2. The number of carbonyl (C=O) groups excluding carboxylic acids is 1. The minimum Gasteiger partial charge on any atom is -0.481 e. The van der Waals surface area contributed by atoms with E-state index in [0.29, 0.717) is 18.5 Å². The Labute approximate surface area is 140 Å². The van der Waals surface area contributed by atoms with E-state index < -0.39 is 5.97 Å². The van der Waals surface area contributed by atoms with E-state index in [4.69, 9.17) is 9.84 Å². The third-order valence-electron chi connectivity index (χ3n) is 4.44. The van der Waals surface area contributed by atoms with Gasteiger partial charge < -0.3 is 19.7 Å². The molecule has 1 fully saturated rings. The van der Waals surface area contributed by atoms with Gasteiger partial charge in [-0.1, -0.05) is 30.3 Å². The summed E-state index contributed by atoms with van der Waals surface area (Å²) in [4.78, 5) is 28.7. The van der Waals surface area contributed by atoms with Gasteiger partial charge >= 0.3 is 5.97 Å². The van der Waals surface area contributed by atoms with Gasteiger partial charge in [-0.25, -0.2) is 0 Å². The highest BCUT2D eigenvalue weighted by Crippen LogP contribution is 2.29. The van der Waals surface area contributed by atoms with E-state index >= 15 is 0 Å². The Hall–Kier alpha value is -2.60. The van der Waals surface area contributed by atoms with Crippen molar-refractivity contribution in [2.24, 2.45) is 0 Å². The second-order valence-electron chi connectivity index (χ2n) is 5.95. The molecule has 0 bridgehead atoms. The van der Waals surface area contributed by atoms with Gasteiger partial charge in [0.15, 0.2) is 0 Å². The van der Waals surface area contributed by atoms with Gasteiger partial charge in [0, 0.05) is 37.7 Å². The number of carboxylic acid groups (broad SMARTS) is 1. The Bertz CT molecular complexity index is 726. The number of ether oxygens (including phenoxy) is 1. The van der Waals surface area contributed by atoms with Crippen molar-refractivity contribution < 1.29 is 19.4 Å².